The molecule has 0 heterocycles. The molecule has 0 unspecified atom stereocenters. The third-order valence-corrected chi connectivity index (χ3v) is 3.61. The van der Waals surface area contributed by atoms with Crippen LogP contribution in [0.15, 0.2) is 63.7 Å². The predicted molar refractivity (Wildman–Crippen MR) is 87.0 cm³/mol. The number of anilines is 1. The van der Waals surface area contributed by atoms with E-state index in [4.69, 9.17) is 4.55 Å². The van der Waals surface area contributed by atoms with Gasteiger partial charge in [0.25, 0.3) is 10.1 Å². The first-order valence-corrected chi connectivity index (χ1v) is 7.57. The molecule has 1 N–H and O–H groups in total. The first-order valence-electron chi connectivity index (χ1n) is 6.13. The fourth-order valence-electron chi connectivity index (χ4n) is 1.64. The van der Waals surface area contributed by atoms with E-state index in [1.807, 2.05) is 43.3 Å². The molecule has 0 fully saturated rings. The van der Waals surface area contributed by atoms with Crippen LogP contribution >= 0.6 is 0 Å². The summed E-state index contributed by atoms with van der Waals surface area (Å²) in [5.74, 6) is 0. The molecule has 2 aromatic carbocycles. The van der Waals surface area contributed by atoms with Gasteiger partial charge in [0.05, 0.1) is 16.3 Å². The summed E-state index contributed by atoms with van der Waals surface area (Å²) in [4.78, 5) is 1.76. The summed E-state index contributed by atoms with van der Waals surface area (Å²) in [6.45, 7) is 0. The molecule has 2 rings (SSSR count). The third kappa shape index (κ3) is 5.19. The van der Waals surface area contributed by atoms with Gasteiger partial charge in [0.1, 0.15) is 0 Å². The van der Waals surface area contributed by atoms with E-state index in [2.05, 4.69) is 10.2 Å². The van der Waals surface area contributed by atoms with Crippen LogP contribution in [0.3, 0.4) is 0 Å². The molecule has 1 radical (unpaired) electrons. The van der Waals surface area contributed by atoms with Crippen LogP contribution < -0.4 is 4.90 Å². The summed E-state index contributed by atoms with van der Waals surface area (Å²) < 4.78 is 31.1. The van der Waals surface area contributed by atoms with Gasteiger partial charge in [0.2, 0.25) is 0 Å². The maximum absolute atomic E-state index is 11.0. The fourth-order valence-corrected chi connectivity index (χ4v) is 2.16. The molecule has 8 heteroatoms. The van der Waals surface area contributed by atoms with Crippen molar-refractivity contribution in [3.63, 3.8) is 0 Å². The molecule has 0 saturated carbocycles. The van der Waals surface area contributed by atoms with Crippen LogP contribution in [-0.2, 0) is 10.1 Å². The van der Waals surface area contributed by atoms with Crippen LogP contribution in [0.1, 0.15) is 0 Å². The second kappa shape index (κ2) is 7.85. The Balaban J connectivity index is 0.00000242. The summed E-state index contributed by atoms with van der Waals surface area (Å²) in [6, 6.07) is 13.1. The summed E-state index contributed by atoms with van der Waals surface area (Å²) in [5, 5.41) is 7.99. The maximum atomic E-state index is 11.0. The second-order valence-corrected chi connectivity index (χ2v) is 6.00. The van der Waals surface area contributed by atoms with Crippen LogP contribution in [0.4, 0.5) is 17.1 Å². The molecule has 0 aliphatic rings. The largest absolute Gasteiger partial charge is 0.378 e. The smallest absolute Gasteiger partial charge is 0.294 e. The van der Waals surface area contributed by atoms with Crippen molar-refractivity contribution < 1.29 is 13.0 Å². The van der Waals surface area contributed by atoms with E-state index < -0.39 is 10.1 Å². The Labute approximate surface area is 151 Å². The van der Waals surface area contributed by atoms with Gasteiger partial charge in [-0.3, -0.25) is 4.55 Å². The van der Waals surface area contributed by atoms with Crippen molar-refractivity contribution in [3.05, 3.63) is 48.5 Å². The van der Waals surface area contributed by atoms with E-state index >= 15 is 0 Å². The third-order valence-electron chi connectivity index (χ3n) is 2.76. The van der Waals surface area contributed by atoms with E-state index in [0.717, 1.165) is 5.69 Å². The second-order valence-electron chi connectivity index (χ2n) is 4.58. The van der Waals surface area contributed by atoms with E-state index in [1.54, 1.807) is 6.07 Å². The van der Waals surface area contributed by atoms with Crippen molar-refractivity contribution in [1.29, 1.82) is 0 Å². The van der Waals surface area contributed by atoms with Crippen LogP contribution in [0, 0.1) is 0 Å². The average Bonchev–Trinajstić information content (AvgIpc) is 2.45. The van der Waals surface area contributed by atoms with Crippen LogP contribution in [-0.4, -0.2) is 56.6 Å². The van der Waals surface area contributed by atoms with Crippen molar-refractivity contribution in [1.82, 2.24) is 0 Å². The first kappa shape index (κ1) is 18.8. The molecule has 0 aromatic heterocycles. The molecule has 0 spiro atoms. The van der Waals surface area contributed by atoms with Gasteiger partial charge < -0.3 is 4.90 Å². The van der Waals surface area contributed by atoms with Crippen molar-refractivity contribution in [3.8, 4) is 0 Å². The Hall–Kier alpha value is -1.25. The van der Waals surface area contributed by atoms with Gasteiger partial charge in [-0.1, -0.05) is 6.07 Å². The molecule has 0 atom stereocenters. The van der Waals surface area contributed by atoms with Crippen molar-refractivity contribution >= 4 is 56.7 Å². The van der Waals surface area contributed by atoms with Gasteiger partial charge in [-0.2, -0.15) is 18.6 Å². The fraction of sp³-hybridized carbons (Fsp3) is 0.143. The van der Waals surface area contributed by atoms with E-state index in [-0.39, 0.29) is 34.5 Å². The zero-order chi connectivity index (χ0) is 15.5. The summed E-state index contributed by atoms with van der Waals surface area (Å²) in [6.07, 6.45) is 0. The van der Waals surface area contributed by atoms with Gasteiger partial charge in [-0.25, -0.2) is 0 Å². The Morgan fingerprint density at radius 2 is 1.55 bits per heavy atom. The average molecular weight is 328 g/mol. The molecule has 111 valence electrons. The number of benzene rings is 2. The van der Waals surface area contributed by atoms with Gasteiger partial charge in [0.15, 0.2) is 0 Å². The summed E-state index contributed by atoms with van der Waals surface area (Å²) in [5.41, 5.74) is 2.04. The Morgan fingerprint density at radius 3 is 2.09 bits per heavy atom. The zero-order valence-corrected chi connectivity index (χ0v) is 15.4. The SMILES string of the molecule is CN(C)c1ccc(N=Nc2cccc(S(=O)(=O)O)c2)cc1.[Na]. The standard InChI is InChI=1S/C14H15N3O3S.Na/c1-17(2)13-8-6-11(7-9-13)15-16-12-4-3-5-14(10-12)21(18,19)20;/h3-10H,1-2H3,(H,18,19,20);. The molecule has 0 amide bonds. The van der Waals surface area contributed by atoms with Crippen molar-refractivity contribution in [2.45, 2.75) is 4.90 Å². The quantitative estimate of drug-likeness (QED) is 0.531. The molecular weight excluding hydrogens is 313 g/mol. The molecule has 22 heavy (non-hydrogen) atoms. The summed E-state index contributed by atoms with van der Waals surface area (Å²) >= 11 is 0. The van der Waals surface area contributed by atoms with Crippen LogP contribution in [0.25, 0.3) is 0 Å². The summed E-state index contributed by atoms with van der Waals surface area (Å²) in [7, 11) is -0.347. The Kier molecular flexibility index (Phi) is 6.70. The van der Waals surface area contributed by atoms with E-state index in [9.17, 15) is 8.42 Å². The number of hydrogen-bond acceptors (Lipinski definition) is 5. The molecule has 2 aromatic rings. The molecule has 0 aliphatic heterocycles. The topological polar surface area (TPSA) is 82.3 Å². The Morgan fingerprint density at radius 1 is 0.955 bits per heavy atom. The molecule has 0 bridgehead atoms. The minimum Gasteiger partial charge on any atom is -0.378 e. The van der Waals surface area contributed by atoms with E-state index in [1.165, 1.54) is 18.2 Å². The number of nitrogens with zero attached hydrogens (tertiary/aromatic N) is 3. The van der Waals surface area contributed by atoms with Crippen LogP contribution in [0.2, 0.25) is 0 Å². The van der Waals surface area contributed by atoms with Crippen LogP contribution in [0.5, 0.6) is 0 Å². The minimum absolute atomic E-state index is 0. The van der Waals surface area contributed by atoms with Gasteiger partial charge in [-0.05, 0) is 42.5 Å². The maximum Gasteiger partial charge on any atom is 0.294 e. The molecule has 0 aliphatic carbocycles. The normalized spacial score (nSPS) is 11.2. The first-order chi connectivity index (χ1) is 9.86. The molecule has 6 nitrogen and oxygen atoms in total. The number of azo groups is 1. The number of rotatable bonds is 4. The predicted octanol–water partition coefficient (Wildman–Crippen LogP) is 3.03. The number of hydrogen-bond donors (Lipinski definition) is 1. The molecule has 0 saturated heterocycles. The van der Waals surface area contributed by atoms with Gasteiger partial charge in [-0.15, -0.1) is 0 Å². The minimum atomic E-state index is -4.23. The Bertz CT molecular complexity index is 759. The van der Waals surface area contributed by atoms with Crippen molar-refractivity contribution in [2.24, 2.45) is 10.2 Å². The monoisotopic (exact) mass is 328 g/mol. The van der Waals surface area contributed by atoms with Gasteiger partial charge in [0, 0.05) is 49.3 Å². The van der Waals surface area contributed by atoms with Gasteiger partial charge >= 0.3 is 0 Å². The zero-order valence-electron chi connectivity index (χ0n) is 12.6. The van der Waals surface area contributed by atoms with E-state index in [0.29, 0.717) is 11.4 Å². The van der Waals surface area contributed by atoms with Crippen molar-refractivity contribution in [2.75, 3.05) is 19.0 Å². The molecular formula is C14H15N3NaO3S.